The Balaban J connectivity index is 1.58. The number of fused-ring (bicyclic) bond motifs is 1. The molecule has 1 fully saturated rings. The molecule has 1 saturated heterocycles. The second kappa shape index (κ2) is 9.24. The topological polar surface area (TPSA) is 92.6 Å². The van der Waals surface area contributed by atoms with Gasteiger partial charge in [-0.15, -0.1) is 0 Å². The largest absolute Gasteiger partial charge is 0.335 e. The number of halogens is 1. The highest BCUT2D eigenvalue weighted by atomic mass is 35.5. The highest BCUT2D eigenvalue weighted by Gasteiger charge is 2.31. The Bertz CT molecular complexity index is 1350. The zero-order valence-corrected chi connectivity index (χ0v) is 20.0. The lowest BCUT2D eigenvalue weighted by atomic mass is 10.1. The summed E-state index contributed by atoms with van der Waals surface area (Å²) >= 11 is 5.87. The summed E-state index contributed by atoms with van der Waals surface area (Å²) in [6, 6.07) is 13.0. The maximum absolute atomic E-state index is 13.4. The van der Waals surface area contributed by atoms with Crippen LogP contribution in [-0.4, -0.2) is 59.5 Å². The summed E-state index contributed by atoms with van der Waals surface area (Å²) < 4.78 is 28.6. The maximum Gasteiger partial charge on any atom is 0.275 e. The average Bonchev–Trinajstić information content (AvgIpc) is 2.80. The van der Waals surface area contributed by atoms with Crippen LogP contribution in [0.4, 0.5) is 0 Å². The minimum Gasteiger partial charge on any atom is -0.335 e. The molecule has 0 aliphatic carbocycles. The molecule has 4 rings (SSSR count). The van der Waals surface area contributed by atoms with Gasteiger partial charge in [0, 0.05) is 43.1 Å². The first-order chi connectivity index (χ1) is 15.7. The molecule has 1 aliphatic rings. The molecule has 174 valence electrons. The van der Waals surface area contributed by atoms with E-state index in [9.17, 15) is 18.0 Å². The molecule has 2 aromatic carbocycles. The van der Waals surface area contributed by atoms with Gasteiger partial charge in [0.05, 0.1) is 10.3 Å². The Morgan fingerprint density at radius 2 is 1.61 bits per heavy atom. The number of rotatable bonds is 5. The molecule has 33 heavy (non-hydrogen) atoms. The quantitative estimate of drug-likeness (QED) is 0.550. The zero-order valence-electron chi connectivity index (χ0n) is 18.4. The van der Waals surface area contributed by atoms with Crippen molar-refractivity contribution in [3.05, 3.63) is 69.6 Å². The highest BCUT2D eigenvalue weighted by Crippen LogP contribution is 2.21. The van der Waals surface area contributed by atoms with E-state index in [1.807, 2.05) is 13.8 Å². The molecular formula is C23H25ClN4O4S. The van der Waals surface area contributed by atoms with Crippen molar-refractivity contribution in [2.45, 2.75) is 25.3 Å². The molecule has 0 spiro atoms. The fourth-order valence-corrected chi connectivity index (χ4v) is 5.45. The minimum absolute atomic E-state index is 0.167. The van der Waals surface area contributed by atoms with Gasteiger partial charge in [0.1, 0.15) is 0 Å². The van der Waals surface area contributed by atoms with Gasteiger partial charge in [-0.3, -0.25) is 9.59 Å². The van der Waals surface area contributed by atoms with Crippen molar-refractivity contribution in [1.29, 1.82) is 0 Å². The van der Waals surface area contributed by atoms with Crippen LogP contribution in [0, 0.1) is 5.92 Å². The van der Waals surface area contributed by atoms with E-state index in [4.69, 9.17) is 11.6 Å². The Labute approximate surface area is 197 Å². The number of aromatic nitrogens is 2. The molecule has 1 aliphatic heterocycles. The number of sulfonamides is 1. The summed E-state index contributed by atoms with van der Waals surface area (Å²) in [5.41, 5.74) is -0.0189. The molecule has 0 atom stereocenters. The predicted molar refractivity (Wildman–Crippen MR) is 127 cm³/mol. The van der Waals surface area contributed by atoms with E-state index in [0.29, 0.717) is 22.3 Å². The van der Waals surface area contributed by atoms with E-state index in [1.165, 1.54) is 33.3 Å². The van der Waals surface area contributed by atoms with E-state index in [0.717, 1.165) is 0 Å². The number of nitrogens with zero attached hydrogens (tertiary/aromatic N) is 4. The van der Waals surface area contributed by atoms with Crippen LogP contribution >= 0.6 is 11.6 Å². The number of hydrogen-bond donors (Lipinski definition) is 0. The number of amides is 1. The summed E-state index contributed by atoms with van der Waals surface area (Å²) in [7, 11) is -3.68. The van der Waals surface area contributed by atoms with Crippen molar-refractivity contribution < 1.29 is 13.2 Å². The third kappa shape index (κ3) is 4.66. The molecule has 1 aromatic heterocycles. The number of carbonyl (C=O) groups excluding carboxylic acids is 1. The van der Waals surface area contributed by atoms with E-state index >= 15 is 0 Å². The van der Waals surface area contributed by atoms with Crippen LogP contribution in [-0.2, 0) is 16.6 Å². The zero-order chi connectivity index (χ0) is 23.8. The first-order valence-electron chi connectivity index (χ1n) is 10.7. The van der Waals surface area contributed by atoms with Gasteiger partial charge in [0.2, 0.25) is 10.0 Å². The van der Waals surface area contributed by atoms with Crippen LogP contribution in [0.3, 0.4) is 0 Å². The normalized spacial score (nSPS) is 15.3. The minimum atomic E-state index is -3.68. The lowest BCUT2D eigenvalue weighted by Crippen LogP contribution is -2.50. The summed E-state index contributed by atoms with van der Waals surface area (Å²) in [6.45, 7) is 5.14. The van der Waals surface area contributed by atoms with E-state index < -0.39 is 10.0 Å². The molecule has 0 radical (unpaired) electrons. The van der Waals surface area contributed by atoms with Gasteiger partial charge in [-0.25, -0.2) is 13.1 Å². The van der Waals surface area contributed by atoms with Crippen LogP contribution in [0.2, 0.25) is 5.02 Å². The number of hydrogen-bond acceptors (Lipinski definition) is 5. The highest BCUT2D eigenvalue weighted by molar-refractivity contribution is 7.89. The molecular weight excluding hydrogens is 464 g/mol. The van der Waals surface area contributed by atoms with Gasteiger partial charge in [0.25, 0.3) is 11.5 Å². The molecule has 2 heterocycles. The number of benzene rings is 2. The van der Waals surface area contributed by atoms with Crippen LogP contribution in [0.5, 0.6) is 0 Å². The number of carbonyl (C=O) groups is 1. The summed E-state index contributed by atoms with van der Waals surface area (Å²) in [6.07, 6.45) is 0. The molecule has 0 unspecified atom stereocenters. The molecule has 0 N–H and O–H groups in total. The van der Waals surface area contributed by atoms with Gasteiger partial charge < -0.3 is 4.90 Å². The van der Waals surface area contributed by atoms with Crippen LogP contribution in [0.1, 0.15) is 24.3 Å². The van der Waals surface area contributed by atoms with Crippen LogP contribution < -0.4 is 5.56 Å². The summed E-state index contributed by atoms with van der Waals surface area (Å²) in [4.78, 5) is 28.0. The Kier molecular flexibility index (Phi) is 6.56. The fourth-order valence-electron chi connectivity index (χ4n) is 3.90. The standard InChI is InChI=1S/C23H25ClN4O4S/c1-16(2)15-28-22(29)20-6-4-3-5-19(20)21(25-28)23(30)26-11-13-27(14-12-26)33(31,32)18-9-7-17(24)8-10-18/h3-10,16H,11-15H2,1-2H3. The summed E-state index contributed by atoms with van der Waals surface area (Å²) in [5, 5.41) is 5.82. The average molecular weight is 489 g/mol. The fraction of sp³-hybridized carbons (Fsp3) is 0.348. The molecule has 8 nitrogen and oxygen atoms in total. The monoisotopic (exact) mass is 488 g/mol. The van der Waals surface area contributed by atoms with E-state index in [2.05, 4.69) is 5.10 Å². The molecule has 10 heteroatoms. The Hall–Kier alpha value is -2.75. The number of piperazine rings is 1. The van der Waals surface area contributed by atoms with Gasteiger partial charge in [-0.05, 0) is 36.2 Å². The van der Waals surface area contributed by atoms with E-state index in [1.54, 1.807) is 29.2 Å². The third-order valence-corrected chi connectivity index (χ3v) is 7.75. The van der Waals surface area contributed by atoms with Gasteiger partial charge in [0.15, 0.2) is 5.69 Å². The van der Waals surface area contributed by atoms with Gasteiger partial charge >= 0.3 is 0 Å². The lowest BCUT2D eigenvalue weighted by Gasteiger charge is -2.34. The smallest absolute Gasteiger partial charge is 0.275 e. The Morgan fingerprint density at radius 3 is 2.21 bits per heavy atom. The van der Waals surface area contributed by atoms with Crippen LogP contribution in [0.25, 0.3) is 10.8 Å². The molecule has 0 saturated carbocycles. The van der Waals surface area contributed by atoms with Gasteiger partial charge in [-0.2, -0.15) is 9.40 Å². The van der Waals surface area contributed by atoms with Crippen molar-refractivity contribution >= 4 is 38.3 Å². The van der Waals surface area contributed by atoms with Crippen LogP contribution in [0.15, 0.2) is 58.2 Å². The van der Waals surface area contributed by atoms with Crippen molar-refractivity contribution in [2.24, 2.45) is 5.92 Å². The first-order valence-corrected chi connectivity index (χ1v) is 12.5. The van der Waals surface area contributed by atoms with E-state index in [-0.39, 0.29) is 54.2 Å². The Morgan fingerprint density at radius 1 is 1.00 bits per heavy atom. The molecule has 0 bridgehead atoms. The molecule has 1 amide bonds. The second-order valence-electron chi connectivity index (χ2n) is 8.43. The SMILES string of the molecule is CC(C)Cn1nc(C(=O)N2CCN(S(=O)(=O)c3ccc(Cl)cc3)CC2)c2ccccc2c1=O. The summed E-state index contributed by atoms with van der Waals surface area (Å²) in [5.74, 6) is -0.131. The molecule has 3 aromatic rings. The van der Waals surface area contributed by atoms with Crippen molar-refractivity contribution in [1.82, 2.24) is 19.0 Å². The lowest BCUT2D eigenvalue weighted by molar-refractivity contribution is 0.0691. The third-order valence-electron chi connectivity index (χ3n) is 5.59. The van der Waals surface area contributed by atoms with Crippen molar-refractivity contribution in [3.8, 4) is 0 Å². The van der Waals surface area contributed by atoms with Crippen molar-refractivity contribution in [3.63, 3.8) is 0 Å². The first kappa shape index (κ1) is 23.4. The second-order valence-corrected chi connectivity index (χ2v) is 10.8. The maximum atomic E-state index is 13.4. The predicted octanol–water partition coefficient (Wildman–Crippen LogP) is 2.85. The van der Waals surface area contributed by atoms with Crippen molar-refractivity contribution in [2.75, 3.05) is 26.2 Å². The van der Waals surface area contributed by atoms with Gasteiger partial charge in [-0.1, -0.05) is 43.6 Å².